The summed E-state index contributed by atoms with van der Waals surface area (Å²) in [6.45, 7) is 0. The zero-order valence-corrected chi connectivity index (χ0v) is 11.9. The summed E-state index contributed by atoms with van der Waals surface area (Å²) in [6.07, 6.45) is 1.99. The quantitative estimate of drug-likeness (QED) is 0.797. The van der Waals surface area contributed by atoms with Crippen molar-refractivity contribution in [1.82, 2.24) is 0 Å². The number of ether oxygens (including phenoxy) is 1. The van der Waals surface area contributed by atoms with Gasteiger partial charge in [-0.3, -0.25) is 4.79 Å². The number of para-hydroxylation sites is 1. The molecule has 1 amide bonds. The molecule has 1 fully saturated rings. The van der Waals surface area contributed by atoms with Gasteiger partial charge in [0.15, 0.2) is 0 Å². The highest BCUT2D eigenvalue weighted by molar-refractivity contribution is 8.00. The molecule has 4 nitrogen and oxygen atoms in total. The van der Waals surface area contributed by atoms with Crippen LogP contribution in [0.15, 0.2) is 24.3 Å². The molecule has 1 aliphatic heterocycles. The molecule has 1 saturated heterocycles. The number of thioether (sulfide) groups is 1. The Balaban J connectivity index is 2.25. The average molecular weight is 279 g/mol. The molecule has 1 aliphatic rings. The maximum Gasteiger partial charge on any atom is 0.339 e. The van der Waals surface area contributed by atoms with Crippen molar-refractivity contribution in [2.24, 2.45) is 0 Å². The molecular formula is C14H17NO3S. The molecule has 0 aromatic heterocycles. The number of amides is 1. The summed E-state index contributed by atoms with van der Waals surface area (Å²) in [5.74, 6) is 0.663. The summed E-state index contributed by atoms with van der Waals surface area (Å²) < 4.78 is 4.75. The number of benzene rings is 1. The van der Waals surface area contributed by atoms with Crippen LogP contribution in [0.4, 0.5) is 5.69 Å². The fraction of sp³-hybridized carbons (Fsp3) is 0.429. The Morgan fingerprint density at radius 3 is 2.74 bits per heavy atom. The van der Waals surface area contributed by atoms with E-state index in [0.717, 1.165) is 18.6 Å². The van der Waals surface area contributed by atoms with Gasteiger partial charge >= 0.3 is 5.97 Å². The normalized spacial score (nSPS) is 18.1. The van der Waals surface area contributed by atoms with Gasteiger partial charge < -0.3 is 9.64 Å². The lowest BCUT2D eigenvalue weighted by Gasteiger charge is -2.22. The van der Waals surface area contributed by atoms with Gasteiger partial charge in [0.1, 0.15) is 0 Å². The maximum atomic E-state index is 12.4. The van der Waals surface area contributed by atoms with Crippen molar-refractivity contribution in [3.8, 4) is 0 Å². The molecule has 0 spiro atoms. The number of rotatable bonds is 3. The first-order chi connectivity index (χ1) is 9.15. The lowest BCUT2D eigenvalue weighted by molar-refractivity contribution is -0.117. The van der Waals surface area contributed by atoms with Crippen LogP contribution in [0.25, 0.3) is 0 Å². The van der Waals surface area contributed by atoms with E-state index in [-0.39, 0.29) is 11.2 Å². The van der Waals surface area contributed by atoms with Gasteiger partial charge in [-0.25, -0.2) is 4.79 Å². The number of methoxy groups -OCH3 is 1. The molecule has 1 aromatic carbocycles. The third kappa shape index (κ3) is 2.92. The molecule has 0 radical (unpaired) electrons. The van der Waals surface area contributed by atoms with Gasteiger partial charge in [0.2, 0.25) is 5.91 Å². The van der Waals surface area contributed by atoms with Crippen LogP contribution in [-0.2, 0) is 9.53 Å². The number of carbonyl (C=O) groups is 2. The number of esters is 1. The van der Waals surface area contributed by atoms with Gasteiger partial charge in [-0.2, -0.15) is 0 Å². The molecule has 0 bridgehead atoms. The molecular weight excluding hydrogens is 262 g/mol. The number of nitrogens with zero attached hydrogens (tertiary/aromatic N) is 1. The van der Waals surface area contributed by atoms with E-state index in [4.69, 9.17) is 4.74 Å². The van der Waals surface area contributed by atoms with Crippen LogP contribution in [0.1, 0.15) is 23.2 Å². The van der Waals surface area contributed by atoms with E-state index in [1.165, 1.54) is 7.11 Å². The van der Waals surface area contributed by atoms with Crippen LogP contribution in [0, 0.1) is 0 Å². The minimum Gasteiger partial charge on any atom is -0.465 e. The first-order valence-electron chi connectivity index (χ1n) is 6.21. The van der Waals surface area contributed by atoms with Gasteiger partial charge in [0.25, 0.3) is 0 Å². The van der Waals surface area contributed by atoms with Crippen molar-refractivity contribution in [3.63, 3.8) is 0 Å². The zero-order valence-electron chi connectivity index (χ0n) is 11.1. The van der Waals surface area contributed by atoms with Crippen molar-refractivity contribution in [3.05, 3.63) is 29.8 Å². The van der Waals surface area contributed by atoms with Crippen LogP contribution in [-0.4, -0.2) is 37.0 Å². The van der Waals surface area contributed by atoms with Gasteiger partial charge in [0.05, 0.1) is 23.6 Å². The van der Waals surface area contributed by atoms with Gasteiger partial charge in [0, 0.05) is 7.05 Å². The van der Waals surface area contributed by atoms with Crippen molar-refractivity contribution in [2.45, 2.75) is 18.1 Å². The Labute approximate surface area is 117 Å². The SMILES string of the molecule is COC(=O)c1ccccc1N(C)C(=O)C1CCCS1. The Hall–Kier alpha value is -1.49. The molecule has 102 valence electrons. The van der Waals surface area contributed by atoms with Crippen LogP contribution < -0.4 is 4.90 Å². The molecule has 5 heteroatoms. The fourth-order valence-electron chi connectivity index (χ4n) is 2.16. The van der Waals surface area contributed by atoms with Crippen LogP contribution in [0.5, 0.6) is 0 Å². The second kappa shape index (κ2) is 6.10. The number of carbonyl (C=O) groups excluding carboxylic acids is 2. The van der Waals surface area contributed by atoms with Crippen molar-refractivity contribution in [2.75, 3.05) is 24.8 Å². The first kappa shape index (κ1) is 13.9. The minimum absolute atomic E-state index is 0.00991. The summed E-state index contributed by atoms with van der Waals surface area (Å²) >= 11 is 1.69. The molecule has 1 aromatic rings. The largest absolute Gasteiger partial charge is 0.465 e. The second-order valence-corrected chi connectivity index (χ2v) is 5.72. The highest BCUT2D eigenvalue weighted by atomic mass is 32.2. The molecule has 19 heavy (non-hydrogen) atoms. The van der Waals surface area contributed by atoms with Crippen molar-refractivity contribution >= 4 is 29.3 Å². The summed E-state index contributed by atoms with van der Waals surface area (Å²) in [6, 6.07) is 7.02. The van der Waals surface area contributed by atoms with E-state index < -0.39 is 5.97 Å². The predicted molar refractivity (Wildman–Crippen MR) is 76.7 cm³/mol. The Morgan fingerprint density at radius 1 is 1.37 bits per heavy atom. The Morgan fingerprint density at radius 2 is 2.11 bits per heavy atom. The highest BCUT2D eigenvalue weighted by Gasteiger charge is 2.28. The molecule has 0 aliphatic carbocycles. The lowest BCUT2D eigenvalue weighted by atomic mass is 10.1. The third-order valence-electron chi connectivity index (χ3n) is 3.21. The zero-order chi connectivity index (χ0) is 13.8. The second-order valence-electron chi connectivity index (χ2n) is 4.41. The van der Waals surface area contributed by atoms with Crippen LogP contribution in [0.2, 0.25) is 0 Å². The molecule has 0 N–H and O–H groups in total. The summed E-state index contributed by atoms with van der Waals surface area (Å²) in [7, 11) is 3.05. The van der Waals surface area contributed by atoms with Gasteiger partial charge in [-0.15, -0.1) is 11.8 Å². The Kier molecular flexibility index (Phi) is 4.47. The molecule has 0 saturated carbocycles. The molecule has 1 atom stereocenters. The van der Waals surface area contributed by atoms with E-state index in [1.807, 2.05) is 6.07 Å². The maximum absolute atomic E-state index is 12.4. The molecule has 1 unspecified atom stereocenters. The van der Waals surface area contributed by atoms with E-state index in [0.29, 0.717) is 11.3 Å². The van der Waals surface area contributed by atoms with E-state index in [2.05, 4.69) is 0 Å². The summed E-state index contributed by atoms with van der Waals surface area (Å²) in [4.78, 5) is 25.6. The molecule has 1 heterocycles. The summed E-state index contributed by atoms with van der Waals surface area (Å²) in [5.41, 5.74) is 1.02. The first-order valence-corrected chi connectivity index (χ1v) is 7.26. The van der Waals surface area contributed by atoms with E-state index in [1.54, 1.807) is 41.9 Å². The number of hydrogen-bond donors (Lipinski definition) is 0. The third-order valence-corrected chi connectivity index (χ3v) is 4.57. The smallest absolute Gasteiger partial charge is 0.339 e. The average Bonchev–Trinajstić information content (AvgIpc) is 2.99. The Bertz CT molecular complexity index is 483. The van der Waals surface area contributed by atoms with E-state index in [9.17, 15) is 9.59 Å². The van der Waals surface area contributed by atoms with Gasteiger partial charge in [-0.05, 0) is 30.7 Å². The van der Waals surface area contributed by atoms with Crippen molar-refractivity contribution in [1.29, 1.82) is 0 Å². The van der Waals surface area contributed by atoms with Crippen LogP contribution in [0.3, 0.4) is 0 Å². The topological polar surface area (TPSA) is 46.6 Å². The highest BCUT2D eigenvalue weighted by Crippen LogP contribution is 2.30. The van der Waals surface area contributed by atoms with Gasteiger partial charge in [-0.1, -0.05) is 12.1 Å². The monoisotopic (exact) mass is 279 g/mol. The van der Waals surface area contributed by atoms with E-state index >= 15 is 0 Å². The molecule has 2 rings (SSSR count). The van der Waals surface area contributed by atoms with Crippen molar-refractivity contribution < 1.29 is 14.3 Å². The lowest BCUT2D eigenvalue weighted by Crippen LogP contribution is -2.34. The fourth-order valence-corrected chi connectivity index (χ4v) is 3.41. The number of hydrogen-bond acceptors (Lipinski definition) is 4. The summed E-state index contributed by atoms with van der Waals surface area (Å²) in [5, 5.41) is 0.00991. The standard InChI is InChI=1S/C14H17NO3S/c1-15(13(16)12-8-5-9-19-12)11-7-4-3-6-10(11)14(17)18-2/h3-4,6-7,12H,5,8-9H2,1-2H3. The number of anilines is 1. The predicted octanol–water partition coefficient (Wildman–Crippen LogP) is 2.33. The van der Waals surface area contributed by atoms with Crippen LogP contribution >= 0.6 is 11.8 Å². The minimum atomic E-state index is -0.422.